The van der Waals surface area contributed by atoms with Gasteiger partial charge in [0.25, 0.3) is 0 Å². The Bertz CT molecular complexity index is 677. The van der Waals surface area contributed by atoms with Gasteiger partial charge >= 0.3 is 0 Å². The fourth-order valence-corrected chi connectivity index (χ4v) is 3.32. The van der Waals surface area contributed by atoms with Gasteiger partial charge in [0.15, 0.2) is 9.84 Å². The molecule has 2 aromatic rings. The van der Waals surface area contributed by atoms with Crippen molar-refractivity contribution in [2.75, 3.05) is 17.2 Å². The lowest BCUT2D eigenvalue weighted by atomic mass is 10.1. The Hall–Kier alpha value is -1.82. The zero-order valence-corrected chi connectivity index (χ0v) is 12.3. The number of benzene rings is 1. The SMILES string of the molecule is CCCS(=O)(=O)CCn1cc(-c2ccccc2N)cn1. The van der Waals surface area contributed by atoms with Crippen LogP contribution in [0.5, 0.6) is 0 Å². The standard InChI is InChI=1S/C14H19N3O2S/c1-2-8-20(18,19)9-7-17-11-12(10-16-17)13-5-3-4-6-14(13)15/h3-6,10-11H,2,7-9,15H2,1H3. The summed E-state index contributed by atoms with van der Waals surface area (Å²) < 4.78 is 25.0. The fraction of sp³-hybridized carbons (Fsp3) is 0.357. The van der Waals surface area contributed by atoms with E-state index in [1.54, 1.807) is 10.9 Å². The monoisotopic (exact) mass is 293 g/mol. The summed E-state index contributed by atoms with van der Waals surface area (Å²) in [5.74, 6) is 0.346. The molecule has 2 N–H and O–H groups in total. The molecule has 0 fully saturated rings. The van der Waals surface area contributed by atoms with Crippen LogP contribution in [-0.4, -0.2) is 29.7 Å². The van der Waals surface area contributed by atoms with E-state index in [0.29, 0.717) is 18.7 Å². The van der Waals surface area contributed by atoms with Crippen molar-refractivity contribution in [3.8, 4) is 11.1 Å². The van der Waals surface area contributed by atoms with Crippen molar-refractivity contribution in [3.63, 3.8) is 0 Å². The van der Waals surface area contributed by atoms with Gasteiger partial charge in [0.05, 0.1) is 18.5 Å². The molecule has 20 heavy (non-hydrogen) atoms. The molecule has 0 bridgehead atoms. The summed E-state index contributed by atoms with van der Waals surface area (Å²) in [6.45, 7) is 2.23. The topological polar surface area (TPSA) is 78.0 Å². The predicted molar refractivity (Wildman–Crippen MR) is 81.0 cm³/mol. The van der Waals surface area contributed by atoms with Gasteiger partial charge in [0.2, 0.25) is 0 Å². The summed E-state index contributed by atoms with van der Waals surface area (Å²) in [5.41, 5.74) is 8.41. The second-order valence-electron chi connectivity index (χ2n) is 4.73. The van der Waals surface area contributed by atoms with E-state index in [1.165, 1.54) is 0 Å². The molecule has 0 atom stereocenters. The molecule has 108 valence electrons. The fourth-order valence-electron chi connectivity index (χ4n) is 2.03. The minimum atomic E-state index is -2.98. The van der Waals surface area contributed by atoms with Gasteiger partial charge in [-0.25, -0.2) is 8.42 Å². The van der Waals surface area contributed by atoms with Crippen LogP contribution >= 0.6 is 0 Å². The van der Waals surface area contributed by atoms with Crippen LogP contribution in [-0.2, 0) is 16.4 Å². The van der Waals surface area contributed by atoms with Gasteiger partial charge in [0.1, 0.15) is 0 Å². The molecule has 0 spiro atoms. The van der Waals surface area contributed by atoms with Crippen LogP contribution < -0.4 is 5.73 Å². The van der Waals surface area contributed by atoms with E-state index in [-0.39, 0.29) is 11.5 Å². The Morgan fingerprint density at radius 3 is 2.70 bits per heavy atom. The maximum atomic E-state index is 11.7. The molecule has 1 aromatic carbocycles. The first-order chi connectivity index (χ1) is 9.52. The maximum Gasteiger partial charge on any atom is 0.152 e. The number of nitrogen functional groups attached to an aromatic ring is 1. The number of sulfone groups is 1. The highest BCUT2D eigenvalue weighted by Gasteiger charge is 2.10. The zero-order valence-electron chi connectivity index (χ0n) is 11.5. The number of hydrogen-bond acceptors (Lipinski definition) is 4. The molecular formula is C14H19N3O2S. The first kappa shape index (κ1) is 14.6. The number of para-hydroxylation sites is 1. The van der Waals surface area contributed by atoms with Gasteiger partial charge in [-0.15, -0.1) is 0 Å². The quantitative estimate of drug-likeness (QED) is 0.826. The van der Waals surface area contributed by atoms with Crippen LogP contribution in [0.1, 0.15) is 13.3 Å². The largest absolute Gasteiger partial charge is 0.398 e. The molecule has 0 saturated carbocycles. The Morgan fingerprint density at radius 1 is 1.25 bits per heavy atom. The normalized spacial score (nSPS) is 11.7. The lowest BCUT2D eigenvalue weighted by molar-refractivity contribution is 0.579. The van der Waals surface area contributed by atoms with Crippen LogP contribution in [0.15, 0.2) is 36.7 Å². The first-order valence-corrected chi connectivity index (χ1v) is 8.42. The first-order valence-electron chi connectivity index (χ1n) is 6.59. The Labute approximate surface area is 119 Å². The summed E-state index contributed by atoms with van der Waals surface area (Å²) in [6, 6.07) is 7.54. The molecule has 6 heteroatoms. The van der Waals surface area contributed by atoms with Crippen molar-refractivity contribution >= 4 is 15.5 Å². The number of anilines is 1. The molecule has 0 saturated heterocycles. The van der Waals surface area contributed by atoms with Crippen molar-refractivity contribution in [3.05, 3.63) is 36.7 Å². The second-order valence-corrected chi connectivity index (χ2v) is 7.03. The van der Waals surface area contributed by atoms with Crippen molar-refractivity contribution in [1.29, 1.82) is 0 Å². The maximum absolute atomic E-state index is 11.7. The highest BCUT2D eigenvalue weighted by Crippen LogP contribution is 2.24. The summed E-state index contributed by atoms with van der Waals surface area (Å²) in [7, 11) is -2.98. The molecule has 1 heterocycles. The average molecular weight is 293 g/mol. The molecule has 0 radical (unpaired) electrons. The van der Waals surface area contributed by atoms with E-state index < -0.39 is 9.84 Å². The van der Waals surface area contributed by atoms with E-state index in [2.05, 4.69) is 5.10 Å². The molecule has 5 nitrogen and oxygen atoms in total. The summed E-state index contributed by atoms with van der Waals surface area (Å²) in [6.07, 6.45) is 4.18. The molecular weight excluding hydrogens is 274 g/mol. The van der Waals surface area contributed by atoms with E-state index in [4.69, 9.17) is 5.73 Å². The molecule has 2 rings (SSSR count). The van der Waals surface area contributed by atoms with E-state index in [0.717, 1.165) is 11.1 Å². The number of hydrogen-bond donors (Lipinski definition) is 1. The number of aryl methyl sites for hydroxylation is 1. The number of nitrogens with zero attached hydrogens (tertiary/aromatic N) is 2. The summed E-state index contributed by atoms with van der Waals surface area (Å²) >= 11 is 0. The minimum Gasteiger partial charge on any atom is -0.398 e. The highest BCUT2D eigenvalue weighted by atomic mass is 32.2. The number of rotatable bonds is 6. The summed E-state index contributed by atoms with van der Waals surface area (Å²) in [4.78, 5) is 0. The van der Waals surface area contributed by atoms with E-state index in [1.807, 2.05) is 37.4 Å². The Balaban J connectivity index is 2.09. The van der Waals surface area contributed by atoms with Crippen LogP contribution in [0.3, 0.4) is 0 Å². The van der Waals surface area contributed by atoms with Crippen LogP contribution in [0.25, 0.3) is 11.1 Å². The Morgan fingerprint density at radius 2 is 2.00 bits per heavy atom. The van der Waals surface area contributed by atoms with Gasteiger partial charge in [-0.05, 0) is 12.5 Å². The van der Waals surface area contributed by atoms with Crippen molar-refractivity contribution in [2.45, 2.75) is 19.9 Å². The van der Waals surface area contributed by atoms with Crippen molar-refractivity contribution < 1.29 is 8.42 Å². The van der Waals surface area contributed by atoms with Gasteiger partial charge in [0, 0.05) is 28.8 Å². The molecule has 0 aliphatic carbocycles. The molecule has 0 amide bonds. The van der Waals surface area contributed by atoms with Crippen LogP contribution in [0.4, 0.5) is 5.69 Å². The van der Waals surface area contributed by atoms with Gasteiger partial charge in [-0.3, -0.25) is 4.68 Å². The van der Waals surface area contributed by atoms with Crippen molar-refractivity contribution in [1.82, 2.24) is 9.78 Å². The molecule has 0 aliphatic rings. The number of nitrogens with two attached hydrogens (primary N) is 1. The third-order valence-electron chi connectivity index (χ3n) is 3.05. The molecule has 0 aliphatic heterocycles. The van der Waals surface area contributed by atoms with Crippen LogP contribution in [0, 0.1) is 0 Å². The van der Waals surface area contributed by atoms with Crippen molar-refractivity contribution in [2.24, 2.45) is 0 Å². The lowest BCUT2D eigenvalue weighted by Gasteiger charge is -2.03. The second kappa shape index (κ2) is 6.09. The predicted octanol–water partition coefficient (Wildman–Crippen LogP) is 1.96. The Kier molecular flexibility index (Phi) is 4.44. The van der Waals surface area contributed by atoms with Gasteiger partial charge in [-0.2, -0.15) is 5.10 Å². The lowest BCUT2D eigenvalue weighted by Crippen LogP contribution is -2.15. The minimum absolute atomic E-state index is 0.117. The smallest absolute Gasteiger partial charge is 0.152 e. The highest BCUT2D eigenvalue weighted by molar-refractivity contribution is 7.91. The molecule has 0 unspecified atom stereocenters. The van der Waals surface area contributed by atoms with E-state index >= 15 is 0 Å². The summed E-state index contributed by atoms with van der Waals surface area (Å²) in [5, 5.41) is 4.19. The third-order valence-corrected chi connectivity index (χ3v) is 4.89. The number of aromatic nitrogens is 2. The van der Waals surface area contributed by atoms with Crippen LogP contribution in [0.2, 0.25) is 0 Å². The molecule has 1 aromatic heterocycles. The van der Waals surface area contributed by atoms with E-state index in [9.17, 15) is 8.42 Å². The zero-order chi connectivity index (χ0) is 14.6. The van der Waals surface area contributed by atoms with Gasteiger partial charge in [-0.1, -0.05) is 25.1 Å². The average Bonchev–Trinajstić information content (AvgIpc) is 2.86. The third kappa shape index (κ3) is 3.60. The van der Waals surface area contributed by atoms with Gasteiger partial charge < -0.3 is 5.73 Å².